The Hall–Kier alpha value is -2.07. The third-order valence-corrected chi connectivity index (χ3v) is 1.76. The highest BCUT2D eigenvalue weighted by Crippen LogP contribution is 2.22. The van der Waals surface area contributed by atoms with Gasteiger partial charge in [0, 0.05) is 5.56 Å². The van der Waals surface area contributed by atoms with E-state index in [1.165, 1.54) is 13.2 Å². The minimum atomic E-state index is -0.552. The summed E-state index contributed by atoms with van der Waals surface area (Å²) in [6.45, 7) is 0. The van der Waals surface area contributed by atoms with Gasteiger partial charge in [-0.25, -0.2) is 4.39 Å². The van der Waals surface area contributed by atoms with Crippen molar-refractivity contribution in [2.45, 2.75) is 6.42 Å². The third kappa shape index (κ3) is 1.81. The molecule has 0 saturated heterocycles. The lowest BCUT2D eigenvalue weighted by molar-refractivity contribution is 0.411. The van der Waals surface area contributed by atoms with E-state index in [9.17, 15) is 4.39 Å². The fourth-order valence-electron chi connectivity index (χ4n) is 1.07. The summed E-state index contributed by atoms with van der Waals surface area (Å²) in [6, 6.07) is 6.09. The van der Waals surface area contributed by atoms with E-state index in [1.807, 2.05) is 12.1 Å². The molecular formula is C10H7FN2O. The summed E-state index contributed by atoms with van der Waals surface area (Å²) in [4.78, 5) is 0. The summed E-state index contributed by atoms with van der Waals surface area (Å²) in [6.07, 6.45) is -0.0338. The molecule has 70 valence electrons. The van der Waals surface area contributed by atoms with Crippen LogP contribution in [0.5, 0.6) is 5.75 Å². The SMILES string of the molecule is COc1cc(CC#N)c(F)cc1C#N. The number of hydrogen-bond acceptors (Lipinski definition) is 3. The van der Waals surface area contributed by atoms with E-state index in [0.29, 0.717) is 5.75 Å². The molecule has 1 aromatic rings. The van der Waals surface area contributed by atoms with Crippen molar-refractivity contribution in [3.05, 3.63) is 29.1 Å². The normalized spacial score (nSPS) is 8.86. The molecule has 0 fully saturated rings. The van der Waals surface area contributed by atoms with E-state index < -0.39 is 5.82 Å². The smallest absolute Gasteiger partial charge is 0.137 e. The molecule has 0 spiro atoms. The van der Waals surface area contributed by atoms with Gasteiger partial charge < -0.3 is 4.74 Å². The molecule has 1 aromatic carbocycles. The summed E-state index contributed by atoms with van der Waals surface area (Å²) in [5.74, 6) is -0.261. The number of ether oxygens (including phenoxy) is 1. The maximum atomic E-state index is 13.2. The van der Waals surface area contributed by atoms with Gasteiger partial charge in [0.2, 0.25) is 0 Å². The molecule has 0 N–H and O–H groups in total. The molecule has 0 unspecified atom stereocenters. The van der Waals surface area contributed by atoms with Gasteiger partial charge in [-0.15, -0.1) is 0 Å². The number of nitrogens with zero attached hydrogens (tertiary/aromatic N) is 2. The van der Waals surface area contributed by atoms with E-state index in [4.69, 9.17) is 15.3 Å². The molecule has 0 saturated carbocycles. The largest absolute Gasteiger partial charge is 0.495 e. The maximum Gasteiger partial charge on any atom is 0.137 e. The number of nitriles is 2. The molecule has 1 rings (SSSR count). The molecule has 14 heavy (non-hydrogen) atoms. The highest BCUT2D eigenvalue weighted by molar-refractivity contribution is 5.46. The van der Waals surface area contributed by atoms with Gasteiger partial charge in [0.05, 0.1) is 25.2 Å². The fraction of sp³-hybridized carbons (Fsp3) is 0.200. The summed E-state index contributed by atoms with van der Waals surface area (Å²) in [5.41, 5.74) is 0.370. The predicted octanol–water partition coefficient (Wildman–Crippen LogP) is 1.77. The summed E-state index contributed by atoms with van der Waals surface area (Å²) in [5, 5.41) is 17.0. The van der Waals surface area contributed by atoms with Crippen molar-refractivity contribution >= 4 is 0 Å². The van der Waals surface area contributed by atoms with Gasteiger partial charge in [-0.3, -0.25) is 0 Å². The Morgan fingerprint density at radius 2 is 2.14 bits per heavy atom. The average Bonchev–Trinajstić information content (AvgIpc) is 2.20. The number of benzene rings is 1. The topological polar surface area (TPSA) is 56.8 Å². The Morgan fingerprint density at radius 3 is 2.64 bits per heavy atom. The van der Waals surface area contributed by atoms with Crippen LogP contribution in [0.1, 0.15) is 11.1 Å². The second kappa shape index (κ2) is 4.25. The number of halogens is 1. The van der Waals surface area contributed by atoms with Crippen LogP contribution in [0.25, 0.3) is 0 Å². The minimum absolute atomic E-state index is 0.0338. The Bertz CT molecular complexity index is 429. The average molecular weight is 190 g/mol. The third-order valence-electron chi connectivity index (χ3n) is 1.76. The van der Waals surface area contributed by atoms with E-state index in [1.54, 1.807) is 0 Å². The zero-order valence-corrected chi connectivity index (χ0v) is 7.54. The van der Waals surface area contributed by atoms with Crippen LogP contribution in [0.2, 0.25) is 0 Å². The van der Waals surface area contributed by atoms with Gasteiger partial charge in [-0.05, 0) is 12.1 Å². The highest BCUT2D eigenvalue weighted by atomic mass is 19.1. The molecule has 0 aromatic heterocycles. The van der Waals surface area contributed by atoms with Crippen molar-refractivity contribution in [3.63, 3.8) is 0 Å². The Labute approximate surface area is 81.0 Å². The predicted molar refractivity (Wildman–Crippen MR) is 47.0 cm³/mol. The number of rotatable bonds is 2. The molecule has 0 aliphatic heterocycles. The van der Waals surface area contributed by atoms with Crippen molar-refractivity contribution < 1.29 is 9.13 Å². The summed E-state index contributed by atoms with van der Waals surface area (Å²) in [7, 11) is 1.39. The molecule has 0 aliphatic carbocycles. The first kappa shape index (κ1) is 10.0. The number of methoxy groups -OCH3 is 1. The second-order valence-electron chi connectivity index (χ2n) is 2.59. The van der Waals surface area contributed by atoms with Gasteiger partial charge >= 0.3 is 0 Å². The van der Waals surface area contributed by atoms with E-state index in [0.717, 1.165) is 6.07 Å². The van der Waals surface area contributed by atoms with Crippen molar-refractivity contribution in [2.24, 2.45) is 0 Å². The summed E-state index contributed by atoms with van der Waals surface area (Å²) < 4.78 is 18.1. The summed E-state index contributed by atoms with van der Waals surface area (Å²) >= 11 is 0. The molecule has 0 heterocycles. The fourth-order valence-corrected chi connectivity index (χ4v) is 1.07. The molecule has 4 heteroatoms. The zero-order valence-electron chi connectivity index (χ0n) is 7.54. The standard InChI is InChI=1S/C10H7FN2O/c1-14-10-5-7(2-3-12)9(11)4-8(10)6-13/h4-5H,2H2,1H3. The van der Waals surface area contributed by atoms with Gasteiger partial charge in [0.25, 0.3) is 0 Å². The van der Waals surface area contributed by atoms with Gasteiger partial charge in [-0.1, -0.05) is 0 Å². The minimum Gasteiger partial charge on any atom is -0.495 e. The maximum absolute atomic E-state index is 13.2. The van der Waals surface area contributed by atoms with Crippen LogP contribution in [0.15, 0.2) is 12.1 Å². The lowest BCUT2D eigenvalue weighted by Gasteiger charge is -2.05. The van der Waals surface area contributed by atoms with E-state index in [2.05, 4.69) is 0 Å². The first-order valence-corrected chi connectivity index (χ1v) is 3.86. The van der Waals surface area contributed by atoms with Crippen LogP contribution < -0.4 is 4.74 Å². The van der Waals surface area contributed by atoms with Crippen LogP contribution in [0.3, 0.4) is 0 Å². The molecule has 0 amide bonds. The van der Waals surface area contributed by atoms with Crippen LogP contribution in [0, 0.1) is 28.5 Å². The quantitative estimate of drug-likeness (QED) is 0.714. The van der Waals surface area contributed by atoms with Crippen LogP contribution in [-0.2, 0) is 6.42 Å². The Kier molecular flexibility index (Phi) is 3.04. The second-order valence-corrected chi connectivity index (χ2v) is 2.59. The van der Waals surface area contributed by atoms with E-state index in [-0.39, 0.29) is 17.5 Å². The lowest BCUT2D eigenvalue weighted by Crippen LogP contribution is -1.95. The molecule has 0 bridgehead atoms. The zero-order chi connectivity index (χ0) is 10.6. The highest BCUT2D eigenvalue weighted by Gasteiger charge is 2.09. The van der Waals surface area contributed by atoms with Crippen molar-refractivity contribution in [1.82, 2.24) is 0 Å². The molecule has 0 radical (unpaired) electrons. The Morgan fingerprint density at radius 1 is 1.43 bits per heavy atom. The van der Waals surface area contributed by atoms with Crippen molar-refractivity contribution in [3.8, 4) is 17.9 Å². The molecule has 0 atom stereocenters. The first-order valence-electron chi connectivity index (χ1n) is 3.86. The number of hydrogen-bond donors (Lipinski definition) is 0. The monoisotopic (exact) mass is 190 g/mol. The van der Waals surface area contributed by atoms with E-state index >= 15 is 0 Å². The Balaban J connectivity index is 3.26. The van der Waals surface area contributed by atoms with Gasteiger partial charge in [0.1, 0.15) is 17.6 Å². The van der Waals surface area contributed by atoms with Gasteiger partial charge in [-0.2, -0.15) is 10.5 Å². The molecule has 3 nitrogen and oxygen atoms in total. The first-order chi connectivity index (χ1) is 6.72. The molecule has 0 aliphatic rings. The molecular weight excluding hydrogens is 183 g/mol. The van der Waals surface area contributed by atoms with Crippen molar-refractivity contribution in [1.29, 1.82) is 10.5 Å². The van der Waals surface area contributed by atoms with Crippen LogP contribution >= 0.6 is 0 Å². The van der Waals surface area contributed by atoms with Gasteiger partial charge in [0.15, 0.2) is 0 Å². The lowest BCUT2D eigenvalue weighted by atomic mass is 10.1. The van der Waals surface area contributed by atoms with Crippen LogP contribution in [-0.4, -0.2) is 7.11 Å². The van der Waals surface area contributed by atoms with Crippen molar-refractivity contribution in [2.75, 3.05) is 7.11 Å². The van der Waals surface area contributed by atoms with Crippen LogP contribution in [0.4, 0.5) is 4.39 Å².